The third-order valence-electron chi connectivity index (χ3n) is 7.52. The molecule has 0 aliphatic carbocycles. The Labute approximate surface area is 242 Å². The minimum Gasteiger partial charge on any atom is -0.255 e. The Bertz CT molecular complexity index is 2250. The van der Waals surface area contributed by atoms with Gasteiger partial charge in [-0.1, -0.05) is 97.1 Å². The summed E-state index contributed by atoms with van der Waals surface area (Å²) >= 11 is 0. The van der Waals surface area contributed by atoms with E-state index < -0.39 is 0 Å². The van der Waals surface area contributed by atoms with Gasteiger partial charge in [0.1, 0.15) is 0 Å². The molecule has 0 radical (unpaired) electrons. The highest BCUT2D eigenvalue weighted by Gasteiger charge is 2.18. The molecule has 0 amide bonds. The summed E-state index contributed by atoms with van der Waals surface area (Å²) in [7, 11) is 0. The number of benzene rings is 4. The highest BCUT2D eigenvalue weighted by molar-refractivity contribution is 6.04. The Morgan fingerprint density at radius 2 is 0.929 bits per heavy atom. The summed E-state index contributed by atoms with van der Waals surface area (Å²) < 4.78 is 0. The number of aromatic nitrogens is 5. The second-order valence-electron chi connectivity index (χ2n) is 10.1. The third kappa shape index (κ3) is 4.16. The van der Waals surface area contributed by atoms with Gasteiger partial charge in [-0.2, -0.15) is 0 Å². The van der Waals surface area contributed by atoms with E-state index >= 15 is 0 Å². The van der Waals surface area contributed by atoms with Gasteiger partial charge in [0.2, 0.25) is 0 Å². The maximum atomic E-state index is 5.23. The van der Waals surface area contributed by atoms with E-state index in [-0.39, 0.29) is 0 Å². The molecule has 42 heavy (non-hydrogen) atoms. The van der Waals surface area contributed by atoms with Gasteiger partial charge in [-0.25, -0.2) is 19.9 Å². The summed E-state index contributed by atoms with van der Waals surface area (Å²) in [4.78, 5) is 25.0. The Morgan fingerprint density at radius 3 is 1.64 bits per heavy atom. The van der Waals surface area contributed by atoms with Crippen LogP contribution in [0.25, 0.3) is 78.0 Å². The number of para-hydroxylation sites is 2. The van der Waals surface area contributed by atoms with Gasteiger partial charge >= 0.3 is 0 Å². The van der Waals surface area contributed by atoms with E-state index in [4.69, 9.17) is 19.9 Å². The molecule has 4 aromatic carbocycles. The molecule has 0 fully saturated rings. The van der Waals surface area contributed by atoms with Crippen LogP contribution in [0.15, 0.2) is 140 Å². The van der Waals surface area contributed by atoms with E-state index in [1.54, 1.807) is 6.20 Å². The molecule has 4 aromatic heterocycles. The zero-order valence-corrected chi connectivity index (χ0v) is 22.5. The minimum atomic E-state index is 0.821. The molecule has 0 aliphatic rings. The molecule has 0 saturated heterocycles. The first-order valence-electron chi connectivity index (χ1n) is 13.9. The maximum Gasteiger partial charge on any atom is 0.0979 e. The lowest BCUT2D eigenvalue weighted by Crippen LogP contribution is -1.98. The summed E-state index contributed by atoms with van der Waals surface area (Å²) in [5.74, 6) is 0. The molecule has 0 N–H and O–H groups in total. The van der Waals surface area contributed by atoms with Crippen LogP contribution in [-0.4, -0.2) is 24.9 Å². The largest absolute Gasteiger partial charge is 0.255 e. The predicted octanol–water partition coefficient (Wildman–Crippen LogP) is 8.79. The van der Waals surface area contributed by atoms with Crippen LogP contribution in [0.2, 0.25) is 0 Å². The second-order valence-corrected chi connectivity index (χ2v) is 10.1. The first kappa shape index (κ1) is 24.0. The molecule has 5 nitrogen and oxygen atoms in total. The van der Waals surface area contributed by atoms with Gasteiger partial charge in [-0.15, -0.1) is 0 Å². The lowest BCUT2D eigenvalue weighted by molar-refractivity contribution is 1.27. The zero-order valence-electron chi connectivity index (χ0n) is 22.5. The molecule has 8 aromatic rings. The van der Waals surface area contributed by atoms with Crippen LogP contribution in [0.5, 0.6) is 0 Å². The van der Waals surface area contributed by atoms with Crippen molar-refractivity contribution in [3.05, 3.63) is 140 Å². The van der Waals surface area contributed by atoms with Crippen molar-refractivity contribution in [2.75, 3.05) is 0 Å². The summed E-state index contributed by atoms with van der Waals surface area (Å²) in [5.41, 5.74) is 10.6. The van der Waals surface area contributed by atoms with E-state index in [9.17, 15) is 0 Å². The lowest BCUT2D eigenvalue weighted by Gasteiger charge is -2.14. The molecule has 0 atom stereocenters. The third-order valence-corrected chi connectivity index (χ3v) is 7.52. The van der Waals surface area contributed by atoms with Crippen molar-refractivity contribution in [1.29, 1.82) is 0 Å². The molecule has 8 rings (SSSR count). The summed E-state index contributed by atoms with van der Waals surface area (Å²) in [6.45, 7) is 0. The fraction of sp³-hybridized carbons (Fsp3) is 0. The van der Waals surface area contributed by atoms with Crippen LogP contribution >= 0.6 is 0 Å². The average molecular weight is 538 g/mol. The Morgan fingerprint density at radius 1 is 0.357 bits per heavy atom. The standard InChI is InChI=1S/C37H23N5/c1-2-10-24(11-3-1)36-37(42-32-16-7-6-15-31(32)40-36)28-13-5-4-12-27(28)29-21-19-25-17-18-26-20-22-33(30-14-8-9-23-38-30)41-35(26)34(25)39-29/h1-23H. The Hall–Kier alpha value is -5.81. The van der Waals surface area contributed by atoms with Crippen molar-refractivity contribution in [2.45, 2.75) is 0 Å². The molecule has 196 valence electrons. The van der Waals surface area contributed by atoms with E-state index in [0.717, 1.165) is 78.0 Å². The lowest BCUT2D eigenvalue weighted by atomic mass is 9.96. The quantitative estimate of drug-likeness (QED) is 0.210. The van der Waals surface area contributed by atoms with E-state index in [1.165, 1.54) is 0 Å². The molecule has 5 heteroatoms. The van der Waals surface area contributed by atoms with Crippen molar-refractivity contribution in [3.63, 3.8) is 0 Å². The van der Waals surface area contributed by atoms with Gasteiger partial charge in [0.05, 0.1) is 50.5 Å². The Balaban J connectivity index is 1.35. The number of fused-ring (bicyclic) bond motifs is 4. The zero-order chi connectivity index (χ0) is 27.9. The van der Waals surface area contributed by atoms with Gasteiger partial charge in [0.25, 0.3) is 0 Å². The fourth-order valence-corrected chi connectivity index (χ4v) is 5.47. The topological polar surface area (TPSA) is 64.5 Å². The number of rotatable bonds is 4. The first-order valence-corrected chi connectivity index (χ1v) is 13.9. The molecule has 0 saturated carbocycles. The number of hydrogen-bond donors (Lipinski definition) is 0. The molecule has 0 aliphatic heterocycles. The predicted molar refractivity (Wildman–Crippen MR) is 170 cm³/mol. The second kappa shape index (κ2) is 9.98. The first-order chi connectivity index (χ1) is 20.8. The van der Waals surface area contributed by atoms with Crippen molar-refractivity contribution in [3.8, 4) is 45.2 Å². The SMILES string of the molecule is c1ccc(-c2nc3ccccc3nc2-c2ccccc2-c2ccc3ccc4ccc(-c5ccccn5)nc4c3n2)cc1. The highest BCUT2D eigenvalue weighted by Crippen LogP contribution is 2.37. The summed E-state index contributed by atoms with van der Waals surface area (Å²) in [6, 6.07) is 44.9. The monoisotopic (exact) mass is 537 g/mol. The van der Waals surface area contributed by atoms with E-state index in [1.807, 2.05) is 78.9 Å². The van der Waals surface area contributed by atoms with Crippen molar-refractivity contribution in [1.82, 2.24) is 24.9 Å². The molecule has 4 heterocycles. The van der Waals surface area contributed by atoms with Crippen LogP contribution < -0.4 is 0 Å². The van der Waals surface area contributed by atoms with Crippen LogP contribution in [0.1, 0.15) is 0 Å². The van der Waals surface area contributed by atoms with Crippen LogP contribution in [-0.2, 0) is 0 Å². The molecule has 0 spiro atoms. The van der Waals surface area contributed by atoms with Crippen LogP contribution in [0, 0.1) is 0 Å². The van der Waals surface area contributed by atoms with Crippen LogP contribution in [0.3, 0.4) is 0 Å². The fourth-order valence-electron chi connectivity index (χ4n) is 5.47. The van der Waals surface area contributed by atoms with Crippen molar-refractivity contribution in [2.24, 2.45) is 0 Å². The van der Waals surface area contributed by atoms with Crippen molar-refractivity contribution < 1.29 is 0 Å². The summed E-state index contributed by atoms with van der Waals surface area (Å²) in [5, 5.41) is 2.07. The molecule has 0 unspecified atom stereocenters. The van der Waals surface area contributed by atoms with E-state index in [0.29, 0.717) is 0 Å². The molecular formula is C37H23N5. The number of pyridine rings is 3. The van der Waals surface area contributed by atoms with Gasteiger partial charge in [0.15, 0.2) is 0 Å². The molecule has 0 bridgehead atoms. The van der Waals surface area contributed by atoms with Gasteiger partial charge in [-0.05, 0) is 36.4 Å². The van der Waals surface area contributed by atoms with Crippen molar-refractivity contribution >= 4 is 32.8 Å². The smallest absolute Gasteiger partial charge is 0.0979 e. The van der Waals surface area contributed by atoms with Gasteiger partial charge < -0.3 is 0 Å². The van der Waals surface area contributed by atoms with Crippen LogP contribution in [0.4, 0.5) is 0 Å². The number of nitrogens with zero attached hydrogens (tertiary/aromatic N) is 5. The van der Waals surface area contributed by atoms with Gasteiger partial charge in [0, 0.05) is 33.7 Å². The highest BCUT2D eigenvalue weighted by atomic mass is 14.8. The normalized spacial score (nSPS) is 11.3. The summed E-state index contributed by atoms with van der Waals surface area (Å²) in [6.07, 6.45) is 1.79. The molecular weight excluding hydrogens is 514 g/mol. The maximum absolute atomic E-state index is 5.23. The van der Waals surface area contributed by atoms with E-state index in [2.05, 4.69) is 59.6 Å². The minimum absolute atomic E-state index is 0.821. The average Bonchev–Trinajstić information content (AvgIpc) is 3.08. The van der Waals surface area contributed by atoms with Gasteiger partial charge in [-0.3, -0.25) is 4.98 Å². The number of hydrogen-bond acceptors (Lipinski definition) is 5. The Kier molecular flexibility index (Phi) is 5.71.